The topological polar surface area (TPSA) is 55.2 Å². The first kappa shape index (κ1) is 15.9. The zero-order valence-electron chi connectivity index (χ0n) is 13.4. The van der Waals surface area contributed by atoms with Crippen molar-refractivity contribution in [3.63, 3.8) is 0 Å². The third-order valence-corrected chi connectivity index (χ3v) is 5.32. The summed E-state index contributed by atoms with van der Waals surface area (Å²) < 4.78 is 1.99. The molecule has 23 heavy (non-hydrogen) atoms. The van der Waals surface area contributed by atoms with Gasteiger partial charge in [0.1, 0.15) is 0 Å². The van der Waals surface area contributed by atoms with Gasteiger partial charge in [-0.15, -0.1) is 11.3 Å². The van der Waals surface area contributed by atoms with Crippen molar-refractivity contribution in [2.45, 2.75) is 32.9 Å². The summed E-state index contributed by atoms with van der Waals surface area (Å²) >= 11 is 1.62. The molecule has 3 heterocycles. The number of nitrogens with zero attached hydrogens (tertiary/aromatic N) is 3. The van der Waals surface area contributed by atoms with Crippen molar-refractivity contribution in [3.8, 4) is 0 Å². The molecule has 1 fully saturated rings. The molecule has 5 nitrogen and oxygen atoms in total. The molecule has 0 radical (unpaired) electrons. The van der Waals surface area contributed by atoms with E-state index in [-0.39, 0.29) is 29.6 Å². The van der Waals surface area contributed by atoms with E-state index in [1.807, 2.05) is 42.1 Å². The minimum absolute atomic E-state index is 0.113. The van der Waals surface area contributed by atoms with Crippen molar-refractivity contribution in [2.75, 3.05) is 6.54 Å². The summed E-state index contributed by atoms with van der Waals surface area (Å²) in [4.78, 5) is 31.8. The molecule has 2 unspecified atom stereocenters. The molecule has 0 N–H and O–H groups in total. The molecule has 2 aromatic rings. The summed E-state index contributed by atoms with van der Waals surface area (Å²) in [6.45, 7) is 5.42. The summed E-state index contributed by atoms with van der Waals surface area (Å²) in [7, 11) is 0. The summed E-state index contributed by atoms with van der Waals surface area (Å²) in [5.74, 6) is -0.652. The van der Waals surface area contributed by atoms with Crippen molar-refractivity contribution in [2.24, 2.45) is 11.8 Å². The van der Waals surface area contributed by atoms with Crippen LogP contribution < -0.4 is 0 Å². The van der Waals surface area contributed by atoms with Crippen LogP contribution in [0.2, 0.25) is 0 Å². The number of aromatic nitrogens is 2. The van der Waals surface area contributed by atoms with Gasteiger partial charge in [-0.25, -0.2) is 4.98 Å². The first-order valence-electron chi connectivity index (χ1n) is 7.93. The van der Waals surface area contributed by atoms with Gasteiger partial charge in [0.05, 0.1) is 18.3 Å². The van der Waals surface area contributed by atoms with Gasteiger partial charge in [0.15, 0.2) is 0 Å². The number of imidazole rings is 1. The van der Waals surface area contributed by atoms with Gasteiger partial charge in [0, 0.05) is 30.4 Å². The molecule has 3 rings (SSSR count). The van der Waals surface area contributed by atoms with Crippen LogP contribution >= 0.6 is 11.3 Å². The fourth-order valence-electron chi connectivity index (χ4n) is 3.29. The van der Waals surface area contributed by atoms with Crippen LogP contribution in [-0.4, -0.2) is 32.7 Å². The van der Waals surface area contributed by atoms with Gasteiger partial charge in [0.2, 0.25) is 5.78 Å². The zero-order chi connectivity index (χ0) is 16.4. The second-order valence-electron chi connectivity index (χ2n) is 6.25. The molecule has 2 atom stereocenters. The van der Waals surface area contributed by atoms with Crippen LogP contribution in [0.15, 0.2) is 36.2 Å². The number of rotatable bonds is 6. The first-order valence-corrected chi connectivity index (χ1v) is 8.81. The summed E-state index contributed by atoms with van der Waals surface area (Å²) in [5.41, 5.74) is 0. The molecule has 122 valence electrons. The van der Waals surface area contributed by atoms with Gasteiger partial charge >= 0.3 is 0 Å². The Morgan fingerprint density at radius 2 is 2.13 bits per heavy atom. The Balaban J connectivity index is 1.78. The van der Waals surface area contributed by atoms with Crippen LogP contribution in [-0.2, 0) is 16.1 Å². The molecule has 1 saturated heterocycles. The molecule has 0 aliphatic carbocycles. The lowest BCUT2D eigenvalue weighted by Crippen LogP contribution is -2.31. The van der Waals surface area contributed by atoms with E-state index in [0.717, 1.165) is 17.8 Å². The number of carbonyl (C=O) groups is 2. The predicted octanol–water partition coefficient (Wildman–Crippen LogP) is 2.76. The van der Waals surface area contributed by atoms with Gasteiger partial charge in [-0.2, -0.15) is 0 Å². The van der Waals surface area contributed by atoms with Crippen LogP contribution in [0.25, 0.3) is 0 Å². The normalized spacial score (nSPS) is 21.6. The highest BCUT2D eigenvalue weighted by molar-refractivity contribution is 7.10. The van der Waals surface area contributed by atoms with Crippen LogP contribution in [0.5, 0.6) is 0 Å². The molecule has 1 aliphatic rings. The maximum atomic E-state index is 12.5. The maximum Gasteiger partial charge on any atom is 0.290 e. The molecule has 0 spiro atoms. The highest BCUT2D eigenvalue weighted by Gasteiger charge is 2.49. The largest absolute Gasteiger partial charge is 0.337 e. The lowest BCUT2D eigenvalue weighted by atomic mass is 9.87. The highest BCUT2D eigenvalue weighted by atomic mass is 32.1. The Morgan fingerprint density at radius 1 is 1.30 bits per heavy atom. The van der Waals surface area contributed by atoms with Crippen LogP contribution in [0.1, 0.15) is 31.2 Å². The molecule has 0 bridgehead atoms. The standard InChI is InChI=1S/C17H21N3O2S/c1-12(2)14-15(13-5-3-10-23-13)20(17(22)16(14)21)8-4-7-19-9-6-18-11-19/h3,5-6,9-12,14-15H,4,7-8H2,1-2H3. The third-order valence-electron chi connectivity index (χ3n) is 4.38. The van der Waals surface area contributed by atoms with Crippen molar-refractivity contribution in [1.82, 2.24) is 14.5 Å². The minimum atomic E-state index is -0.326. The quantitative estimate of drug-likeness (QED) is 0.765. The average Bonchev–Trinajstić information content (AvgIpc) is 3.23. The Labute approximate surface area is 139 Å². The van der Waals surface area contributed by atoms with Crippen molar-refractivity contribution in [3.05, 3.63) is 41.1 Å². The summed E-state index contributed by atoms with van der Waals surface area (Å²) in [5, 5.41) is 2.00. The molecular formula is C17H21N3O2S. The van der Waals surface area contributed by atoms with E-state index < -0.39 is 0 Å². The molecular weight excluding hydrogens is 310 g/mol. The fraction of sp³-hybridized carbons (Fsp3) is 0.471. The van der Waals surface area contributed by atoms with Crippen LogP contribution in [0.3, 0.4) is 0 Å². The SMILES string of the molecule is CC(C)C1C(=O)C(=O)N(CCCn2ccnc2)C1c1cccs1. The van der Waals surface area contributed by atoms with Crippen LogP contribution in [0, 0.1) is 11.8 Å². The van der Waals surface area contributed by atoms with E-state index in [1.54, 1.807) is 28.8 Å². The third kappa shape index (κ3) is 3.08. The smallest absolute Gasteiger partial charge is 0.290 e. The molecule has 0 aromatic carbocycles. The second kappa shape index (κ2) is 6.66. The Kier molecular flexibility index (Phi) is 4.61. The molecule has 6 heteroatoms. The van der Waals surface area contributed by atoms with Crippen molar-refractivity contribution in [1.29, 1.82) is 0 Å². The number of ketones is 1. The molecule has 2 aromatic heterocycles. The number of amides is 1. The Hall–Kier alpha value is -1.95. The Morgan fingerprint density at radius 3 is 2.74 bits per heavy atom. The molecule has 1 amide bonds. The van der Waals surface area contributed by atoms with E-state index in [4.69, 9.17) is 0 Å². The van der Waals surface area contributed by atoms with Crippen LogP contribution in [0.4, 0.5) is 0 Å². The average molecular weight is 331 g/mol. The summed E-state index contributed by atoms with van der Waals surface area (Å²) in [6.07, 6.45) is 6.23. The number of likely N-dealkylation sites (tertiary alicyclic amines) is 1. The van der Waals surface area contributed by atoms with E-state index in [0.29, 0.717) is 6.54 Å². The monoisotopic (exact) mass is 331 g/mol. The van der Waals surface area contributed by atoms with Gasteiger partial charge in [-0.3, -0.25) is 9.59 Å². The molecule has 1 aliphatic heterocycles. The number of aryl methyl sites for hydroxylation is 1. The lowest BCUT2D eigenvalue weighted by molar-refractivity contribution is -0.141. The first-order chi connectivity index (χ1) is 11.1. The van der Waals surface area contributed by atoms with E-state index in [2.05, 4.69) is 4.98 Å². The van der Waals surface area contributed by atoms with Crippen molar-refractivity contribution >= 4 is 23.0 Å². The van der Waals surface area contributed by atoms with E-state index >= 15 is 0 Å². The number of Topliss-reactive ketones (excluding diaryl/α,β-unsaturated/α-hetero) is 1. The Bertz CT molecular complexity index is 664. The number of carbonyl (C=O) groups excluding carboxylic acids is 2. The maximum absolute atomic E-state index is 12.5. The van der Waals surface area contributed by atoms with Gasteiger partial charge in [-0.05, 0) is 23.8 Å². The minimum Gasteiger partial charge on any atom is -0.337 e. The van der Waals surface area contributed by atoms with Gasteiger partial charge in [0.25, 0.3) is 5.91 Å². The van der Waals surface area contributed by atoms with E-state index in [9.17, 15) is 9.59 Å². The number of thiophene rings is 1. The summed E-state index contributed by atoms with van der Waals surface area (Å²) in [6, 6.07) is 3.89. The molecule has 0 saturated carbocycles. The lowest BCUT2D eigenvalue weighted by Gasteiger charge is -2.28. The number of hydrogen-bond donors (Lipinski definition) is 0. The van der Waals surface area contributed by atoms with Gasteiger partial charge < -0.3 is 9.47 Å². The fourth-order valence-corrected chi connectivity index (χ4v) is 4.17. The zero-order valence-corrected chi connectivity index (χ0v) is 14.2. The number of hydrogen-bond acceptors (Lipinski definition) is 4. The van der Waals surface area contributed by atoms with E-state index in [1.165, 1.54) is 0 Å². The predicted molar refractivity (Wildman–Crippen MR) is 89.0 cm³/mol. The van der Waals surface area contributed by atoms with Gasteiger partial charge in [-0.1, -0.05) is 19.9 Å². The van der Waals surface area contributed by atoms with Crippen molar-refractivity contribution < 1.29 is 9.59 Å². The highest BCUT2D eigenvalue weighted by Crippen LogP contribution is 2.41. The second-order valence-corrected chi connectivity index (χ2v) is 7.23.